The smallest absolute Gasteiger partial charge is 0.413 e. The zero-order valence-corrected chi connectivity index (χ0v) is 13.2. The van der Waals surface area contributed by atoms with Gasteiger partial charge in [-0.15, -0.1) is 11.3 Å². The number of aromatic carboxylic acids is 1. The number of aromatic nitrogens is 1. The number of anilines is 1. The highest BCUT2D eigenvalue weighted by atomic mass is 32.1. The number of carbonyl (C=O) groups is 2. The van der Waals surface area contributed by atoms with Gasteiger partial charge in [-0.05, 0) is 39.5 Å². The molecule has 1 heterocycles. The molecule has 1 aliphatic carbocycles. The fourth-order valence-corrected chi connectivity index (χ4v) is 3.51. The van der Waals surface area contributed by atoms with Crippen molar-refractivity contribution in [2.75, 3.05) is 5.32 Å². The third-order valence-corrected chi connectivity index (χ3v) is 4.32. The number of nitrogens with one attached hydrogen (secondary N) is 1. The molecule has 0 bridgehead atoms. The van der Waals surface area contributed by atoms with Crippen molar-refractivity contribution in [1.29, 1.82) is 0 Å². The Morgan fingerprint density at radius 1 is 1.33 bits per heavy atom. The average Bonchev–Trinajstić information content (AvgIpc) is 2.92. The normalized spacial score (nSPS) is 16.0. The fourth-order valence-electron chi connectivity index (χ4n) is 2.39. The van der Waals surface area contributed by atoms with Crippen LogP contribution < -0.4 is 5.32 Å². The Bertz CT molecular complexity index is 542. The first-order chi connectivity index (χ1) is 9.76. The molecule has 1 aromatic heterocycles. The van der Waals surface area contributed by atoms with Gasteiger partial charge in [-0.25, -0.2) is 14.6 Å². The lowest BCUT2D eigenvalue weighted by molar-refractivity contribution is 0.0632. The van der Waals surface area contributed by atoms with Gasteiger partial charge in [0.05, 0.1) is 0 Å². The Kier molecular flexibility index (Phi) is 4.51. The van der Waals surface area contributed by atoms with Crippen LogP contribution in [0.2, 0.25) is 0 Å². The summed E-state index contributed by atoms with van der Waals surface area (Å²) >= 11 is 1.24. The van der Waals surface area contributed by atoms with Gasteiger partial charge in [0.2, 0.25) is 0 Å². The van der Waals surface area contributed by atoms with E-state index in [-0.39, 0.29) is 16.7 Å². The van der Waals surface area contributed by atoms with Crippen molar-refractivity contribution in [2.45, 2.75) is 58.0 Å². The molecule has 0 unspecified atom stereocenters. The lowest BCUT2D eigenvalue weighted by Gasteiger charge is -2.18. The van der Waals surface area contributed by atoms with Gasteiger partial charge in [0.25, 0.3) is 0 Å². The van der Waals surface area contributed by atoms with Crippen molar-refractivity contribution in [3.8, 4) is 0 Å². The highest BCUT2D eigenvalue weighted by Gasteiger charge is 2.28. The van der Waals surface area contributed by atoms with E-state index >= 15 is 0 Å². The number of ether oxygens (including phenoxy) is 1. The van der Waals surface area contributed by atoms with Crippen LogP contribution in [0.4, 0.5) is 9.93 Å². The number of amides is 1. The van der Waals surface area contributed by atoms with Gasteiger partial charge < -0.3 is 9.84 Å². The molecule has 2 rings (SSSR count). The van der Waals surface area contributed by atoms with E-state index in [1.807, 2.05) is 0 Å². The molecule has 1 amide bonds. The molecule has 1 fully saturated rings. The Hall–Kier alpha value is -1.63. The fraction of sp³-hybridized carbons (Fsp3) is 0.643. The minimum atomic E-state index is -1.05. The first-order valence-corrected chi connectivity index (χ1v) is 7.82. The first-order valence-electron chi connectivity index (χ1n) is 7.00. The van der Waals surface area contributed by atoms with Gasteiger partial charge in [-0.1, -0.05) is 12.8 Å². The lowest BCUT2D eigenvalue weighted by Crippen LogP contribution is -2.27. The second-order valence-corrected chi connectivity index (χ2v) is 7.18. The number of thiazole rings is 1. The summed E-state index contributed by atoms with van der Waals surface area (Å²) in [5.41, 5.74) is -0.552. The van der Waals surface area contributed by atoms with Crippen molar-refractivity contribution in [3.63, 3.8) is 0 Å². The second-order valence-electron chi connectivity index (χ2n) is 6.15. The van der Waals surface area contributed by atoms with Crippen molar-refractivity contribution in [1.82, 2.24) is 4.98 Å². The summed E-state index contributed by atoms with van der Waals surface area (Å²) in [6.45, 7) is 5.29. The number of carboxylic acids is 1. The SMILES string of the molecule is CC(C)(C)OC(=O)Nc1nc(C(=O)O)c(C2CCCC2)s1. The Morgan fingerprint density at radius 2 is 1.95 bits per heavy atom. The molecular formula is C14H20N2O4S. The zero-order chi connectivity index (χ0) is 15.6. The molecule has 1 saturated carbocycles. The molecule has 1 aromatic rings. The quantitative estimate of drug-likeness (QED) is 0.885. The van der Waals surface area contributed by atoms with E-state index in [0.717, 1.165) is 30.6 Å². The molecule has 0 spiro atoms. The second kappa shape index (κ2) is 6.01. The van der Waals surface area contributed by atoms with E-state index in [1.54, 1.807) is 20.8 Å². The minimum absolute atomic E-state index is 0.0537. The van der Waals surface area contributed by atoms with Crippen LogP contribution in [0.1, 0.15) is 67.7 Å². The Balaban J connectivity index is 2.15. The number of carbonyl (C=O) groups excluding carboxylic acids is 1. The predicted octanol–water partition coefficient (Wildman–Crippen LogP) is 3.85. The molecule has 0 aliphatic heterocycles. The standard InChI is InChI=1S/C14H20N2O4S/c1-14(2,3)20-13(19)16-12-15-9(11(17)18)10(21-12)8-6-4-5-7-8/h8H,4-7H2,1-3H3,(H,17,18)(H,15,16,19). The highest BCUT2D eigenvalue weighted by molar-refractivity contribution is 7.16. The van der Waals surface area contributed by atoms with Crippen molar-refractivity contribution in [3.05, 3.63) is 10.6 Å². The maximum atomic E-state index is 11.7. The molecule has 0 atom stereocenters. The van der Waals surface area contributed by atoms with Crippen LogP contribution in [0.15, 0.2) is 0 Å². The first kappa shape index (κ1) is 15.8. The minimum Gasteiger partial charge on any atom is -0.476 e. The molecule has 0 radical (unpaired) electrons. The third kappa shape index (κ3) is 4.17. The van der Waals surface area contributed by atoms with E-state index < -0.39 is 17.7 Å². The van der Waals surface area contributed by atoms with Gasteiger partial charge in [-0.2, -0.15) is 0 Å². The number of hydrogen-bond donors (Lipinski definition) is 2. The van der Waals surface area contributed by atoms with E-state index in [1.165, 1.54) is 11.3 Å². The summed E-state index contributed by atoms with van der Waals surface area (Å²) in [6, 6.07) is 0. The monoisotopic (exact) mass is 312 g/mol. The van der Waals surface area contributed by atoms with E-state index in [4.69, 9.17) is 4.74 Å². The number of carboxylic acid groups (broad SMARTS) is 1. The van der Waals surface area contributed by atoms with Gasteiger partial charge >= 0.3 is 12.1 Å². The molecular weight excluding hydrogens is 292 g/mol. The van der Waals surface area contributed by atoms with Gasteiger partial charge in [-0.3, -0.25) is 5.32 Å². The maximum absolute atomic E-state index is 11.7. The van der Waals surface area contributed by atoms with E-state index in [0.29, 0.717) is 0 Å². The average molecular weight is 312 g/mol. The largest absolute Gasteiger partial charge is 0.476 e. The molecule has 0 saturated heterocycles. The molecule has 0 aromatic carbocycles. The van der Waals surface area contributed by atoms with Crippen molar-refractivity contribution < 1.29 is 19.4 Å². The van der Waals surface area contributed by atoms with Crippen LogP contribution in [-0.2, 0) is 4.74 Å². The van der Waals surface area contributed by atoms with Crippen LogP contribution >= 0.6 is 11.3 Å². The van der Waals surface area contributed by atoms with Gasteiger partial charge in [0.1, 0.15) is 5.60 Å². The van der Waals surface area contributed by atoms with Gasteiger partial charge in [0.15, 0.2) is 10.8 Å². The van der Waals surface area contributed by atoms with Crippen LogP contribution in [-0.4, -0.2) is 27.8 Å². The number of nitrogens with zero attached hydrogens (tertiary/aromatic N) is 1. The van der Waals surface area contributed by atoms with Crippen LogP contribution in [0.5, 0.6) is 0 Å². The summed E-state index contributed by atoms with van der Waals surface area (Å²) in [6.07, 6.45) is 3.56. The molecule has 2 N–H and O–H groups in total. The summed E-state index contributed by atoms with van der Waals surface area (Å²) in [4.78, 5) is 27.8. The van der Waals surface area contributed by atoms with Crippen molar-refractivity contribution in [2.24, 2.45) is 0 Å². The Labute approximate surface area is 127 Å². The summed E-state index contributed by atoms with van der Waals surface area (Å²) in [7, 11) is 0. The van der Waals surface area contributed by atoms with Crippen LogP contribution in [0.3, 0.4) is 0 Å². The molecule has 1 aliphatic rings. The summed E-state index contributed by atoms with van der Waals surface area (Å²) in [5.74, 6) is -0.812. The predicted molar refractivity (Wildman–Crippen MR) is 80.1 cm³/mol. The Morgan fingerprint density at radius 3 is 2.48 bits per heavy atom. The maximum Gasteiger partial charge on any atom is 0.413 e. The highest BCUT2D eigenvalue weighted by Crippen LogP contribution is 2.40. The van der Waals surface area contributed by atoms with Crippen LogP contribution in [0.25, 0.3) is 0 Å². The zero-order valence-electron chi connectivity index (χ0n) is 12.4. The summed E-state index contributed by atoms with van der Waals surface area (Å²) in [5, 5.41) is 12.1. The number of hydrogen-bond acceptors (Lipinski definition) is 5. The topological polar surface area (TPSA) is 88.5 Å². The third-order valence-electron chi connectivity index (χ3n) is 3.19. The van der Waals surface area contributed by atoms with E-state index in [9.17, 15) is 14.7 Å². The van der Waals surface area contributed by atoms with Crippen molar-refractivity contribution >= 4 is 28.5 Å². The molecule has 7 heteroatoms. The number of rotatable bonds is 3. The van der Waals surface area contributed by atoms with Gasteiger partial charge in [0, 0.05) is 4.88 Å². The van der Waals surface area contributed by atoms with Crippen LogP contribution in [0, 0.1) is 0 Å². The lowest BCUT2D eigenvalue weighted by atomic mass is 10.1. The molecule has 6 nitrogen and oxygen atoms in total. The summed E-state index contributed by atoms with van der Waals surface area (Å²) < 4.78 is 5.15. The molecule has 21 heavy (non-hydrogen) atoms. The van der Waals surface area contributed by atoms with E-state index in [2.05, 4.69) is 10.3 Å². The molecule has 116 valence electrons.